The third-order valence-electron chi connectivity index (χ3n) is 7.16. The zero-order chi connectivity index (χ0) is 24.2. The lowest BCUT2D eigenvalue weighted by molar-refractivity contribution is -0.122. The number of hydrogen-bond acceptors (Lipinski definition) is 3. The molecule has 0 bridgehead atoms. The van der Waals surface area contributed by atoms with Crippen LogP contribution in [0.3, 0.4) is 0 Å². The van der Waals surface area contributed by atoms with E-state index < -0.39 is 0 Å². The molecule has 0 N–H and O–H groups in total. The summed E-state index contributed by atoms with van der Waals surface area (Å²) < 4.78 is 0. The number of amides is 1. The number of nitrogens with zero attached hydrogens (tertiary/aromatic N) is 3. The van der Waals surface area contributed by atoms with Crippen LogP contribution >= 0.6 is 11.6 Å². The van der Waals surface area contributed by atoms with Crippen LogP contribution in [0.5, 0.6) is 0 Å². The minimum atomic E-state index is 0.0888. The minimum absolute atomic E-state index is 0.0888. The van der Waals surface area contributed by atoms with Crippen molar-refractivity contribution in [1.82, 2.24) is 9.88 Å². The first kappa shape index (κ1) is 23.6. The summed E-state index contributed by atoms with van der Waals surface area (Å²) >= 11 is 5.98. The van der Waals surface area contributed by atoms with Crippen molar-refractivity contribution in [1.29, 1.82) is 0 Å². The molecular weight excluding hydrogens is 454 g/mol. The molecule has 0 aliphatic carbocycles. The Labute approximate surface area is 212 Å². The van der Waals surface area contributed by atoms with Gasteiger partial charge in [0.25, 0.3) is 0 Å². The molecule has 2 aliphatic rings. The van der Waals surface area contributed by atoms with Crippen LogP contribution in [0.15, 0.2) is 60.8 Å². The van der Waals surface area contributed by atoms with E-state index in [4.69, 9.17) is 11.6 Å². The molecule has 1 amide bonds. The molecule has 3 aromatic rings. The number of benzene rings is 2. The van der Waals surface area contributed by atoms with Crippen LogP contribution in [-0.4, -0.2) is 42.5 Å². The number of fused-ring (bicyclic) bond motifs is 1. The second-order valence-corrected chi connectivity index (χ2v) is 9.94. The van der Waals surface area contributed by atoms with E-state index in [2.05, 4.69) is 33.9 Å². The number of anilines is 1. The maximum absolute atomic E-state index is 13.2. The van der Waals surface area contributed by atoms with Gasteiger partial charge in [-0.2, -0.15) is 0 Å². The molecule has 1 unspecified atom stereocenters. The van der Waals surface area contributed by atoms with Crippen LogP contribution in [-0.2, 0) is 11.2 Å². The molecule has 5 rings (SSSR count). The van der Waals surface area contributed by atoms with Crippen LogP contribution in [0.1, 0.15) is 42.5 Å². The Morgan fingerprint density at radius 2 is 1.77 bits per heavy atom. The van der Waals surface area contributed by atoms with Gasteiger partial charge in [-0.3, -0.25) is 4.79 Å². The predicted molar refractivity (Wildman–Crippen MR) is 143 cm³/mol. The summed E-state index contributed by atoms with van der Waals surface area (Å²) in [5.74, 6) is 6.72. The molecule has 2 aliphatic heterocycles. The zero-order valence-corrected chi connectivity index (χ0v) is 20.9. The third-order valence-corrected chi connectivity index (χ3v) is 7.41. The number of hydrogen-bond donors (Lipinski definition) is 0. The van der Waals surface area contributed by atoms with E-state index in [1.165, 1.54) is 31.5 Å². The highest BCUT2D eigenvalue weighted by atomic mass is 35.5. The summed E-state index contributed by atoms with van der Waals surface area (Å²) in [7, 11) is 1.91. The summed E-state index contributed by atoms with van der Waals surface area (Å²) in [5.41, 5.74) is 5.90. The number of carbonyl (C=O) groups excluding carboxylic acids is 1. The van der Waals surface area contributed by atoms with Crippen molar-refractivity contribution in [2.24, 2.45) is 5.92 Å². The van der Waals surface area contributed by atoms with Crippen LogP contribution in [0.25, 0.3) is 11.1 Å². The molecule has 2 aromatic carbocycles. The van der Waals surface area contributed by atoms with E-state index in [0.717, 1.165) is 53.2 Å². The van der Waals surface area contributed by atoms with Gasteiger partial charge >= 0.3 is 0 Å². The first-order chi connectivity index (χ1) is 17.1. The van der Waals surface area contributed by atoms with Crippen molar-refractivity contribution >= 4 is 23.2 Å². The third kappa shape index (κ3) is 5.59. The fourth-order valence-corrected chi connectivity index (χ4v) is 5.17. The zero-order valence-electron chi connectivity index (χ0n) is 20.1. The van der Waals surface area contributed by atoms with E-state index in [1.54, 1.807) is 0 Å². The molecule has 178 valence electrons. The molecule has 35 heavy (non-hydrogen) atoms. The van der Waals surface area contributed by atoms with Gasteiger partial charge in [-0.1, -0.05) is 41.8 Å². The summed E-state index contributed by atoms with van der Waals surface area (Å²) in [6, 6.07) is 17.9. The lowest BCUT2D eigenvalue weighted by atomic mass is 9.96. The molecule has 4 nitrogen and oxygen atoms in total. The van der Waals surface area contributed by atoms with E-state index in [-0.39, 0.29) is 11.8 Å². The predicted octanol–water partition coefficient (Wildman–Crippen LogP) is 5.81. The topological polar surface area (TPSA) is 36.4 Å². The Balaban J connectivity index is 1.28. The highest BCUT2D eigenvalue weighted by Gasteiger charge is 2.28. The van der Waals surface area contributed by atoms with Gasteiger partial charge in [0.05, 0.1) is 0 Å². The molecule has 5 heteroatoms. The van der Waals surface area contributed by atoms with E-state index in [1.807, 2.05) is 60.6 Å². The fourth-order valence-electron chi connectivity index (χ4n) is 5.04. The van der Waals surface area contributed by atoms with Crippen molar-refractivity contribution in [2.45, 2.75) is 32.1 Å². The van der Waals surface area contributed by atoms with Crippen molar-refractivity contribution < 1.29 is 4.79 Å². The molecule has 0 spiro atoms. The number of likely N-dealkylation sites (tertiary alicyclic amines) is 1. The molecule has 1 atom stereocenters. The molecule has 1 aromatic heterocycles. The number of pyridine rings is 1. The Morgan fingerprint density at radius 3 is 2.51 bits per heavy atom. The van der Waals surface area contributed by atoms with Crippen molar-refractivity contribution in [3.63, 3.8) is 0 Å². The van der Waals surface area contributed by atoms with Crippen molar-refractivity contribution in [2.75, 3.05) is 31.6 Å². The first-order valence-corrected chi connectivity index (χ1v) is 12.8. The number of halogens is 1. The SMILES string of the molecule is CN1C(=O)C(CCN2CCCC2)CCc2ccc(C#Cc3ccc(-c4ccc(Cl)cc4)cn3)cc21. The van der Waals surface area contributed by atoms with Crippen LogP contribution in [0.2, 0.25) is 5.02 Å². The Bertz CT molecular complexity index is 1250. The summed E-state index contributed by atoms with van der Waals surface area (Å²) in [6.45, 7) is 3.39. The van der Waals surface area contributed by atoms with Crippen molar-refractivity contribution in [3.8, 4) is 23.0 Å². The van der Waals surface area contributed by atoms with Crippen LogP contribution in [0.4, 0.5) is 5.69 Å². The quantitative estimate of drug-likeness (QED) is 0.439. The van der Waals surface area contributed by atoms with Gasteiger partial charge in [-0.25, -0.2) is 4.98 Å². The maximum Gasteiger partial charge on any atom is 0.229 e. The lowest BCUT2D eigenvalue weighted by Crippen LogP contribution is -2.34. The van der Waals surface area contributed by atoms with E-state index in [0.29, 0.717) is 5.69 Å². The average Bonchev–Trinajstić information content (AvgIpc) is 3.38. The highest BCUT2D eigenvalue weighted by molar-refractivity contribution is 6.30. The van der Waals surface area contributed by atoms with Crippen LogP contribution < -0.4 is 4.90 Å². The maximum atomic E-state index is 13.2. The lowest BCUT2D eigenvalue weighted by Gasteiger charge is -2.23. The molecule has 1 saturated heterocycles. The Kier molecular flexibility index (Phi) is 7.18. The second-order valence-electron chi connectivity index (χ2n) is 9.50. The van der Waals surface area contributed by atoms with Gasteiger partial charge < -0.3 is 9.80 Å². The Morgan fingerprint density at radius 1 is 1.00 bits per heavy atom. The molecular formula is C30H30ClN3O. The average molecular weight is 484 g/mol. The van der Waals surface area contributed by atoms with Crippen molar-refractivity contribution in [3.05, 3.63) is 82.6 Å². The van der Waals surface area contributed by atoms with Gasteiger partial charge in [-0.05, 0) is 99.1 Å². The minimum Gasteiger partial charge on any atom is -0.315 e. The Hall–Kier alpha value is -3.13. The summed E-state index contributed by atoms with van der Waals surface area (Å²) in [6.07, 6.45) is 7.20. The van der Waals surface area contributed by atoms with Crippen LogP contribution in [0, 0.1) is 17.8 Å². The standard InChI is InChI=1S/C30H30ClN3O/c1-33-29-20-22(5-14-28-15-11-26(21-32-28)23-9-12-27(31)13-10-23)4-6-24(29)7-8-25(30(33)35)16-19-34-17-2-3-18-34/h4,6,9-13,15,20-21,25H,2-3,7-8,16-19H2,1H3. The molecule has 0 radical (unpaired) electrons. The van der Waals surface area contributed by atoms with Gasteiger partial charge in [-0.15, -0.1) is 0 Å². The first-order valence-electron chi connectivity index (χ1n) is 12.4. The number of carbonyl (C=O) groups is 1. The largest absolute Gasteiger partial charge is 0.315 e. The highest BCUT2D eigenvalue weighted by Crippen LogP contribution is 2.31. The monoisotopic (exact) mass is 483 g/mol. The smallest absolute Gasteiger partial charge is 0.229 e. The fraction of sp³-hybridized carbons (Fsp3) is 0.333. The molecule has 3 heterocycles. The number of aryl methyl sites for hydroxylation is 1. The van der Waals surface area contributed by atoms with E-state index >= 15 is 0 Å². The van der Waals surface area contributed by atoms with Gasteiger partial charge in [0.15, 0.2) is 0 Å². The van der Waals surface area contributed by atoms with E-state index in [9.17, 15) is 4.79 Å². The summed E-state index contributed by atoms with van der Waals surface area (Å²) in [4.78, 5) is 22.1. The molecule has 1 fully saturated rings. The second kappa shape index (κ2) is 10.6. The number of aromatic nitrogens is 1. The summed E-state index contributed by atoms with van der Waals surface area (Å²) in [5, 5.41) is 0.717. The number of rotatable bonds is 4. The normalized spacial score (nSPS) is 18.1. The van der Waals surface area contributed by atoms with Gasteiger partial charge in [0.2, 0.25) is 5.91 Å². The van der Waals surface area contributed by atoms with Gasteiger partial charge in [0, 0.05) is 41.0 Å². The molecule has 0 saturated carbocycles. The van der Waals surface area contributed by atoms with Gasteiger partial charge in [0.1, 0.15) is 5.69 Å².